The normalized spacial score (nSPS) is 23.9. The van der Waals surface area contributed by atoms with Gasteiger partial charge in [0.25, 0.3) is 0 Å². The molecule has 1 aliphatic heterocycles. The van der Waals surface area contributed by atoms with Crippen molar-refractivity contribution in [3.63, 3.8) is 0 Å². The summed E-state index contributed by atoms with van der Waals surface area (Å²) in [5, 5.41) is 17.7. The smallest absolute Gasteiger partial charge is 0.191 e. The first-order chi connectivity index (χ1) is 14.6. The topological polar surface area (TPSA) is 77.0 Å². The van der Waals surface area contributed by atoms with Crippen molar-refractivity contribution in [3.8, 4) is 0 Å². The molecule has 3 N–H and O–H groups in total. The lowest BCUT2D eigenvalue weighted by Crippen LogP contribution is -2.47. The molecule has 0 aromatic heterocycles. The van der Waals surface area contributed by atoms with Gasteiger partial charge in [-0.15, -0.1) is 24.0 Å². The number of guanidine groups is 1. The Hall–Kier alpha value is -0.710. The van der Waals surface area contributed by atoms with E-state index in [-0.39, 0.29) is 29.2 Å². The number of nitrogens with zero attached hydrogens (tertiary/aromatic N) is 2. The van der Waals surface area contributed by atoms with Crippen molar-refractivity contribution in [2.75, 3.05) is 31.9 Å². The van der Waals surface area contributed by atoms with E-state index in [4.69, 9.17) is 0 Å². The third kappa shape index (κ3) is 8.29. The Kier molecular flexibility index (Phi) is 11.8. The number of nitrogens with one attached hydrogen (secondary N) is 2. The number of rotatable bonds is 8. The van der Waals surface area contributed by atoms with Gasteiger partial charge in [-0.1, -0.05) is 37.6 Å². The van der Waals surface area contributed by atoms with Crippen LogP contribution in [0.2, 0.25) is 0 Å². The SMILES string of the molecule is CCNC(=NCC(O)CN1CCc2ccccc2C1)NC1CCCC(S(=O)CC)C1.I. The van der Waals surface area contributed by atoms with Crippen LogP contribution in [0.25, 0.3) is 0 Å². The highest BCUT2D eigenvalue weighted by Crippen LogP contribution is 2.23. The molecule has 4 unspecified atom stereocenters. The van der Waals surface area contributed by atoms with Crippen LogP contribution in [0.15, 0.2) is 29.3 Å². The maximum atomic E-state index is 12.2. The van der Waals surface area contributed by atoms with Crippen molar-refractivity contribution in [1.29, 1.82) is 0 Å². The van der Waals surface area contributed by atoms with Gasteiger partial charge in [-0.25, -0.2) is 0 Å². The summed E-state index contributed by atoms with van der Waals surface area (Å²) < 4.78 is 12.2. The van der Waals surface area contributed by atoms with Gasteiger partial charge in [-0.05, 0) is 43.7 Å². The average molecular weight is 563 g/mol. The monoisotopic (exact) mass is 562 g/mol. The molecule has 1 aliphatic carbocycles. The van der Waals surface area contributed by atoms with E-state index in [9.17, 15) is 9.32 Å². The molecule has 4 atom stereocenters. The van der Waals surface area contributed by atoms with E-state index in [2.05, 4.69) is 51.7 Å². The van der Waals surface area contributed by atoms with Crippen molar-refractivity contribution in [3.05, 3.63) is 35.4 Å². The summed E-state index contributed by atoms with van der Waals surface area (Å²) in [5.74, 6) is 1.49. The van der Waals surface area contributed by atoms with Crippen molar-refractivity contribution >= 4 is 40.7 Å². The molecule has 0 amide bonds. The van der Waals surface area contributed by atoms with E-state index < -0.39 is 16.9 Å². The Morgan fingerprint density at radius 3 is 2.81 bits per heavy atom. The third-order valence-electron chi connectivity index (χ3n) is 6.11. The minimum atomic E-state index is -0.730. The molecule has 0 saturated heterocycles. The summed E-state index contributed by atoms with van der Waals surface area (Å²) >= 11 is 0. The number of aliphatic imine (C=N–C) groups is 1. The molecule has 1 aromatic rings. The lowest BCUT2D eigenvalue weighted by Gasteiger charge is -2.31. The second-order valence-corrected chi connectivity index (χ2v) is 10.4. The van der Waals surface area contributed by atoms with E-state index in [0.717, 1.165) is 63.5 Å². The van der Waals surface area contributed by atoms with Crippen LogP contribution in [0, 0.1) is 0 Å². The number of hydrogen-bond donors (Lipinski definition) is 3. The van der Waals surface area contributed by atoms with E-state index >= 15 is 0 Å². The Bertz CT molecular complexity index is 733. The summed E-state index contributed by atoms with van der Waals surface area (Å²) in [4.78, 5) is 6.96. The van der Waals surface area contributed by atoms with Crippen LogP contribution in [-0.4, -0.2) is 69.5 Å². The molecule has 31 heavy (non-hydrogen) atoms. The first-order valence-corrected chi connectivity index (χ1v) is 12.9. The Morgan fingerprint density at radius 1 is 1.29 bits per heavy atom. The number of aliphatic hydroxyl groups is 1. The number of β-amino-alcohol motifs (C(OH)–C–C–N with tert-alkyl or cyclic N) is 1. The van der Waals surface area contributed by atoms with E-state index in [1.807, 2.05) is 6.92 Å². The number of hydrogen-bond acceptors (Lipinski definition) is 4. The Balaban J connectivity index is 0.00000341. The molecular weight excluding hydrogens is 523 g/mol. The van der Waals surface area contributed by atoms with Crippen LogP contribution in [0.1, 0.15) is 50.7 Å². The summed E-state index contributed by atoms with van der Waals surface area (Å²) in [6.07, 6.45) is 4.73. The number of halogens is 1. The molecule has 176 valence electrons. The minimum absolute atomic E-state index is 0. The predicted octanol–water partition coefficient (Wildman–Crippen LogP) is 2.66. The molecule has 3 rings (SSSR count). The Labute approximate surface area is 207 Å². The fraction of sp³-hybridized carbons (Fsp3) is 0.696. The van der Waals surface area contributed by atoms with Crippen LogP contribution in [0.5, 0.6) is 0 Å². The maximum Gasteiger partial charge on any atom is 0.191 e. The van der Waals surface area contributed by atoms with Gasteiger partial charge < -0.3 is 15.7 Å². The van der Waals surface area contributed by atoms with E-state index in [1.165, 1.54) is 11.1 Å². The van der Waals surface area contributed by atoms with Crippen molar-refractivity contribution in [1.82, 2.24) is 15.5 Å². The van der Waals surface area contributed by atoms with Gasteiger partial charge in [0.05, 0.1) is 12.6 Å². The fourth-order valence-electron chi connectivity index (χ4n) is 4.53. The molecule has 0 radical (unpaired) electrons. The molecule has 1 saturated carbocycles. The number of benzene rings is 1. The molecule has 8 heteroatoms. The number of aliphatic hydroxyl groups excluding tert-OH is 1. The van der Waals surface area contributed by atoms with Crippen LogP contribution in [0.3, 0.4) is 0 Å². The van der Waals surface area contributed by atoms with Crippen molar-refractivity contribution in [2.45, 2.75) is 69.9 Å². The lowest BCUT2D eigenvalue weighted by molar-refractivity contribution is 0.111. The maximum absolute atomic E-state index is 12.2. The average Bonchev–Trinajstić information content (AvgIpc) is 2.77. The van der Waals surface area contributed by atoms with E-state index in [1.54, 1.807) is 0 Å². The molecule has 6 nitrogen and oxygen atoms in total. The second kappa shape index (κ2) is 13.7. The van der Waals surface area contributed by atoms with Crippen molar-refractivity contribution in [2.24, 2.45) is 4.99 Å². The van der Waals surface area contributed by atoms with Crippen LogP contribution >= 0.6 is 24.0 Å². The van der Waals surface area contributed by atoms with Crippen molar-refractivity contribution < 1.29 is 9.32 Å². The minimum Gasteiger partial charge on any atom is -0.390 e. The molecule has 1 aromatic carbocycles. The van der Waals surface area contributed by atoms with Gasteiger partial charge in [0.15, 0.2) is 5.96 Å². The first kappa shape index (κ1) is 26.5. The summed E-state index contributed by atoms with van der Waals surface area (Å²) in [7, 11) is -0.730. The molecule has 1 fully saturated rings. The highest BCUT2D eigenvalue weighted by atomic mass is 127. The lowest BCUT2D eigenvalue weighted by atomic mass is 9.95. The van der Waals surface area contributed by atoms with Gasteiger partial charge in [0.2, 0.25) is 0 Å². The van der Waals surface area contributed by atoms with Crippen LogP contribution < -0.4 is 10.6 Å². The molecule has 2 aliphatic rings. The highest BCUT2D eigenvalue weighted by Gasteiger charge is 2.26. The van der Waals surface area contributed by atoms with Gasteiger partial charge in [-0.2, -0.15) is 0 Å². The number of fused-ring (bicyclic) bond motifs is 1. The summed E-state index contributed by atoms with van der Waals surface area (Å²) in [5.41, 5.74) is 2.79. The largest absolute Gasteiger partial charge is 0.390 e. The van der Waals surface area contributed by atoms with Gasteiger partial charge in [0, 0.05) is 54.0 Å². The molecule has 0 bridgehead atoms. The first-order valence-electron chi connectivity index (χ1n) is 11.5. The highest BCUT2D eigenvalue weighted by molar-refractivity contribution is 14.0. The van der Waals surface area contributed by atoms with Crippen LogP contribution in [-0.2, 0) is 23.8 Å². The fourth-order valence-corrected chi connectivity index (χ4v) is 5.87. The van der Waals surface area contributed by atoms with Gasteiger partial charge >= 0.3 is 0 Å². The second-order valence-electron chi connectivity index (χ2n) is 8.43. The Morgan fingerprint density at radius 2 is 2.06 bits per heavy atom. The summed E-state index contributed by atoms with van der Waals surface area (Å²) in [6, 6.07) is 8.87. The molecule has 1 heterocycles. The summed E-state index contributed by atoms with van der Waals surface area (Å²) in [6.45, 7) is 7.72. The van der Waals surface area contributed by atoms with Crippen LogP contribution in [0.4, 0.5) is 0 Å². The van der Waals surface area contributed by atoms with E-state index in [0.29, 0.717) is 19.1 Å². The standard InChI is InChI=1S/C23H38N4O2S.HI/c1-3-24-23(26-20-10-7-11-22(14-20)30(29)4-2)25-15-21(28)17-27-13-12-18-8-5-6-9-19(18)16-27;/h5-6,8-9,20-22,28H,3-4,7,10-17H2,1-2H3,(H2,24,25,26);1H. The molecule has 0 spiro atoms. The zero-order valence-corrected chi connectivity index (χ0v) is 22.0. The zero-order valence-electron chi connectivity index (χ0n) is 18.9. The van der Waals surface area contributed by atoms with Gasteiger partial charge in [-0.3, -0.25) is 14.1 Å². The third-order valence-corrected chi connectivity index (χ3v) is 7.85. The predicted molar refractivity (Wildman–Crippen MR) is 141 cm³/mol. The quantitative estimate of drug-likeness (QED) is 0.258. The zero-order chi connectivity index (χ0) is 21.3. The van der Waals surface area contributed by atoms with Gasteiger partial charge in [0.1, 0.15) is 0 Å². The molecular formula is C23H39IN4O2S.